The fourth-order valence-corrected chi connectivity index (χ4v) is 5.99. The number of aromatic nitrogens is 3. The summed E-state index contributed by atoms with van der Waals surface area (Å²) < 4.78 is 23.0. The molecular weight excluding hydrogens is 545 g/mol. The maximum absolute atomic E-state index is 15.3. The van der Waals surface area contributed by atoms with Crippen molar-refractivity contribution in [2.75, 3.05) is 0 Å². The zero-order valence-corrected chi connectivity index (χ0v) is 23.9. The molecule has 0 saturated heterocycles. The number of hydrogen-bond acceptors (Lipinski definition) is 5. The number of para-hydroxylation sites is 1. The van der Waals surface area contributed by atoms with Crippen LogP contribution in [0.1, 0.15) is 16.8 Å². The molecule has 0 fully saturated rings. The summed E-state index contributed by atoms with van der Waals surface area (Å²) in [5.74, 6) is -0.0593. The standard InChI is InChI=1S/C35H28FN3O2S/c1-24-32(31-19-18-30(42-31)29-17-8-9-21-37-29)35(40)39(22-20-25-11-4-2-5-12-25)34(38-24)27-15-10-16-28(36)33(27)41-23-26-13-6-3-7-14-26/h2-19,21H,20,22-23H2,1H3. The Labute approximate surface area is 247 Å². The van der Waals surface area contributed by atoms with Gasteiger partial charge in [-0.3, -0.25) is 14.3 Å². The van der Waals surface area contributed by atoms with Crippen LogP contribution in [0.15, 0.2) is 120 Å². The molecule has 6 rings (SSSR count). The normalized spacial score (nSPS) is 11.0. The lowest BCUT2D eigenvalue weighted by atomic mass is 10.1. The highest BCUT2D eigenvalue weighted by Gasteiger charge is 2.22. The van der Waals surface area contributed by atoms with Gasteiger partial charge in [0.05, 0.1) is 27.4 Å². The van der Waals surface area contributed by atoms with Gasteiger partial charge >= 0.3 is 0 Å². The van der Waals surface area contributed by atoms with Gasteiger partial charge in [-0.05, 0) is 60.9 Å². The van der Waals surface area contributed by atoms with Crippen LogP contribution >= 0.6 is 11.3 Å². The Balaban J connectivity index is 1.46. The maximum Gasteiger partial charge on any atom is 0.262 e. The molecule has 208 valence electrons. The van der Waals surface area contributed by atoms with Crippen LogP contribution < -0.4 is 10.3 Å². The fraction of sp³-hybridized carbons (Fsp3) is 0.114. The molecule has 7 heteroatoms. The van der Waals surface area contributed by atoms with Crippen molar-refractivity contribution in [3.8, 4) is 38.1 Å². The monoisotopic (exact) mass is 573 g/mol. The summed E-state index contributed by atoms with van der Waals surface area (Å²) in [6, 6.07) is 34.0. The Bertz CT molecular complexity index is 1870. The Morgan fingerprint density at radius 3 is 2.26 bits per heavy atom. The third kappa shape index (κ3) is 5.78. The molecule has 0 saturated carbocycles. The third-order valence-corrected chi connectivity index (χ3v) is 8.15. The largest absolute Gasteiger partial charge is 0.485 e. The topological polar surface area (TPSA) is 57.0 Å². The summed E-state index contributed by atoms with van der Waals surface area (Å²) in [5, 5.41) is 0. The Morgan fingerprint density at radius 2 is 1.52 bits per heavy atom. The number of halogens is 1. The van der Waals surface area contributed by atoms with Crippen LogP contribution in [-0.4, -0.2) is 14.5 Å². The molecule has 0 amide bonds. The highest BCUT2D eigenvalue weighted by Crippen LogP contribution is 2.36. The predicted molar refractivity (Wildman–Crippen MR) is 166 cm³/mol. The summed E-state index contributed by atoms with van der Waals surface area (Å²) in [6.45, 7) is 2.38. The van der Waals surface area contributed by atoms with E-state index < -0.39 is 5.82 Å². The lowest BCUT2D eigenvalue weighted by Crippen LogP contribution is -2.27. The van der Waals surface area contributed by atoms with E-state index >= 15 is 4.39 Å². The number of aryl methyl sites for hydroxylation is 2. The van der Waals surface area contributed by atoms with Crippen LogP contribution in [-0.2, 0) is 19.6 Å². The molecule has 42 heavy (non-hydrogen) atoms. The van der Waals surface area contributed by atoms with E-state index in [2.05, 4.69) is 4.98 Å². The second-order valence-electron chi connectivity index (χ2n) is 9.86. The van der Waals surface area contributed by atoms with Gasteiger partial charge in [-0.25, -0.2) is 9.37 Å². The molecule has 6 aromatic rings. The van der Waals surface area contributed by atoms with Gasteiger partial charge in [0, 0.05) is 17.6 Å². The van der Waals surface area contributed by atoms with Crippen molar-refractivity contribution in [2.45, 2.75) is 26.5 Å². The van der Waals surface area contributed by atoms with E-state index in [0.717, 1.165) is 26.6 Å². The molecule has 3 aromatic carbocycles. The lowest BCUT2D eigenvalue weighted by Gasteiger charge is -2.18. The van der Waals surface area contributed by atoms with Crippen LogP contribution in [0, 0.1) is 12.7 Å². The first kappa shape index (κ1) is 27.3. The van der Waals surface area contributed by atoms with Gasteiger partial charge < -0.3 is 4.74 Å². The molecule has 3 aromatic heterocycles. The molecule has 0 unspecified atom stereocenters. The number of pyridine rings is 1. The molecule has 0 atom stereocenters. The molecule has 0 radical (unpaired) electrons. The maximum atomic E-state index is 15.3. The Hall–Kier alpha value is -4.88. The van der Waals surface area contributed by atoms with Crippen molar-refractivity contribution < 1.29 is 9.13 Å². The fourth-order valence-electron chi connectivity index (χ4n) is 4.92. The van der Waals surface area contributed by atoms with Crippen molar-refractivity contribution in [1.29, 1.82) is 0 Å². The molecule has 0 spiro atoms. The molecule has 0 aliphatic carbocycles. The van der Waals surface area contributed by atoms with E-state index in [4.69, 9.17) is 9.72 Å². The van der Waals surface area contributed by atoms with Crippen LogP contribution in [0.25, 0.3) is 32.4 Å². The van der Waals surface area contributed by atoms with Crippen molar-refractivity contribution in [3.05, 3.63) is 148 Å². The summed E-state index contributed by atoms with van der Waals surface area (Å²) in [4.78, 5) is 25.5. The average Bonchev–Trinajstić information content (AvgIpc) is 3.51. The van der Waals surface area contributed by atoms with Gasteiger partial charge in [0.1, 0.15) is 12.4 Å². The summed E-state index contributed by atoms with van der Waals surface area (Å²) in [6.07, 6.45) is 2.36. The first-order chi connectivity index (χ1) is 20.6. The van der Waals surface area contributed by atoms with Gasteiger partial charge in [0.25, 0.3) is 5.56 Å². The van der Waals surface area contributed by atoms with Crippen LogP contribution in [0.3, 0.4) is 0 Å². The Kier molecular flexibility index (Phi) is 8.01. The van der Waals surface area contributed by atoms with E-state index in [0.29, 0.717) is 35.6 Å². The summed E-state index contributed by atoms with van der Waals surface area (Å²) in [5.41, 5.74) is 4.20. The first-order valence-electron chi connectivity index (χ1n) is 13.7. The smallest absolute Gasteiger partial charge is 0.262 e. The zero-order valence-electron chi connectivity index (χ0n) is 23.0. The number of thiophene rings is 1. The summed E-state index contributed by atoms with van der Waals surface area (Å²) in [7, 11) is 0. The number of hydrogen-bond donors (Lipinski definition) is 0. The average molecular weight is 574 g/mol. The van der Waals surface area contributed by atoms with E-state index in [1.165, 1.54) is 17.4 Å². The van der Waals surface area contributed by atoms with Gasteiger partial charge in [0.15, 0.2) is 11.6 Å². The van der Waals surface area contributed by atoms with E-state index in [9.17, 15) is 4.79 Å². The van der Waals surface area contributed by atoms with Gasteiger partial charge in [0.2, 0.25) is 0 Å². The first-order valence-corrected chi connectivity index (χ1v) is 14.5. The highest BCUT2D eigenvalue weighted by molar-refractivity contribution is 7.18. The molecule has 3 heterocycles. The minimum absolute atomic E-state index is 0.0717. The molecule has 5 nitrogen and oxygen atoms in total. The second kappa shape index (κ2) is 12.3. The number of rotatable bonds is 9. The number of nitrogens with zero attached hydrogens (tertiary/aromatic N) is 3. The molecule has 0 aliphatic rings. The molecule has 0 aliphatic heterocycles. The van der Waals surface area contributed by atoms with Crippen LogP contribution in [0.5, 0.6) is 5.75 Å². The minimum atomic E-state index is -0.507. The van der Waals surface area contributed by atoms with Crippen molar-refractivity contribution in [2.24, 2.45) is 0 Å². The van der Waals surface area contributed by atoms with Gasteiger partial charge in [-0.1, -0.05) is 72.8 Å². The van der Waals surface area contributed by atoms with Crippen LogP contribution in [0.2, 0.25) is 0 Å². The van der Waals surface area contributed by atoms with Crippen molar-refractivity contribution >= 4 is 11.3 Å². The molecule has 0 bridgehead atoms. The number of ether oxygens (including phenoxy) is 1. The predicted octanol–water partition coefficient (Wildman–Crippen LogP) is 7.97. The summed E-state index contributed by atoms with van der Waals surface area (Å²) >= 11 is 1.50. The van der Waals surface area contributed by atoms with Crippen molar-refractivity contribution in [1.82, 2.24) is 14.5 Å². The lowest BCUT2D eigenvalue weighted by molar-refractivity contribution is 0.291. The van der Waals surface area contributed by atoms with E-state index in [1.807, 2.05) is 97.9 Å². The van der Waals surface area contributed by atoms with Gasteiger partial charge in [-0.15, -0.1) is 11.3 Å². The van der Waals surface area contributed by atoms with E-state index in [-0.39, 0.29) is 17.9 Å². The van der Waals surface area contributed by atoms with Gasteiger partial charge in [-0.2, -0.15) is 0 Å². The number of benzene rings is 3. The zero-order chi connectivity index (χ0) is 28.9. The third-order valence-electron chi connectivity index (χ3n) is 7.02. The molecular formula is C35H28FN3O2S. The quantitative estimate of drug-likeness (QED) is 0.176. The van der Waals surface area contributed by atoms with Crippen molar-refractivity contribution in [3.63, 3.8) is 0 Å². The second-order valence-corrected chi connectivity index (χ2v) is 10.9. The SMILES string of the molecule is Cc1nc(-c2cccc(F)c2OCc2ccccc2)n(CCc2ccccc2)c(=O)c1-c1ccc(-c2ccccn2)s1. The molecule has 0 N–H and O–H groups in total. The van der Waals surface area contributed by atoms with Crippen LogP contribution in [0.4, 0.5) is 4.39 Å². The highest BCUT2D eigenvalue weighted by atomic mass is 32.1. The minimum Gasteiger partial charge on any atom is -0.485 e. The van der Waals surface area contributed by atoms with E-state index in [1.54, 1.807) is 22.9 Å². The Morgan fingerprint density at radius 1 is 0.810 bits per heavy atom.